The molecule has 0 amide bonds. The van der Waals surface area contributed by atoms with Gasteiger partial charge in [0.2, 0.25) is 0 Å². The third kappa shape index (κ3) is 3.47. The molecule has 2 heteroatoms. The summed E-state index contributed by atoms with van der Waals surface area (Å²) in [6.45, 7) is 19.8. The second-order valence-corrected chi connectivity index (χ2v) is 13.6. The zero-order valence-corrected chi connectivity index (χ0v) is 23.3. The summed E-state index contributed by atoms with van der Waals surface area (Å²) >= 11 is 0. The summed E-state index contributed by atoms with van der Waals surface area (Å²) in [5.74, 6) is 2.19. The molecular formula is C30H49OP. The van der Waals surface area contributed by atoms with Gasteiger partial charge in [0.1, 0.15) is 0 Å². The molecule has 180 valence electrons. The van der Waals surface area contributed by atoms with E-state index in [0.717, 1.165) is 11.8 Å². The van der Waals surface area contributed by atoms with E-state index in [1.165, 1.54) is 56.9 Å². The average Bonchev–Trinajstić information content (AvgIpc) is 2.99. The van der Waals surface area contributed by atoms with E-state index in [9.17, 15) is 0 Å². The van der Waals surface area contributed by atoms with Crippen LogP contribution in [0.5, 0.6) is 0 Å². The lowest BCUT2D eigenvalue weighted by Gasteiger charge is -2.62. The van der Waals surface area contributed by atoms with Crippen molar-refractivity contribution in [3.63, 3.8) is 0 Å². The lowest BCUT2D eigenvalue weighted by Crippen LogP contribution is -2.55. The fourth-order valence-electron chi connectivity index (χ4n) is 9.35. The van der Waals surface area contributed by atoms with Gasteiger partial charge in [0, 0.05) is 9.47 Å². The Balaban J connectivity index is 1.68. The first-order valence-corrected chi connectivity index (χ1v) is 13.8. The number of hydrogen-bond donors (Lipinski definition) is 0. The van der Waals surface area contributed by atoms with Crippen LogP contribution in [0.25, 0.3) is 0 Å². The Bertz CT molecular complexity index is 830. The van der Waals surface area contributed by atoms with Crippen molar-refractivity contribution in [2.24, 2.45) is 39.4 Å². The normalized spacial score (nSPS) is 44.1. The van der Waals surface area contributed by atoms with Gasteiger partial charge in [-0.2, -0.15) is 0 Å². The first kappa shape index (κ1) is 24.7. The van der Waals surface area contributed by atoms with E-state index in [0.29, 0.717) is 28.3 Å². The molecule has 0 spiro atoms. The highest BCUT2D eigenvalue weighted by molar-refractivity contribution is 7.09. The summed E-state index contributed by atoms with van der Waals surface area (Å²) in [7, 11) is 2.57. The van der Waals surface area contributed by atoms with E-state index in [-0.39, 0.29) is 5.41 Å². The molecule has 0 aromatic rings. The van der Waals surface area contributed by atoms with E-state index in [1.807, 2.05) is 11.1 Å². The molecule has 4 aliphatic carbocycles. The highest BCUT2D eigenvalue weighted by atomic mass is 31.0. The molecule has 0 N–H and O–H groups in total. The number of rotatable bonds is 4. The van der Waals surface area contributed by atoms with E-state index in [1.54, 1.807) is 0 Å². The summed E-state index contributed by atoms with van der Waals surface area (Å²) in [6, 6.07) is 0. The predicted molar refractivity (Wildman–Crippen MR) is 141 cm³/mol. The van der Waals surface area contributed by atoms with Crippen LogP contribution in [0.15, 0.2) is 34.9 Å². The van der Waals surface area contributed by atoms with Gasteiger partial charge < -0.3 is 4.52 Å². The molecule has 32 heavy (non-hydrogen) atoms. The molecule has 4 aliphatic rings. The van der Waals surface area contributed by atoms with Gasteiger partial charge in [-0.3, -0.25) is 0 Å². The average molecular weight is 457 g/mol. The fourth-order valence-corrected chi connectivity index (χ4v) is 9.83. The largest absolute Gasteiger partial charge is 0.362 e. The minimum absolute atomic E-state index is 0.247. The fraction of sp³-hybridized carbons (Fsp3) is 0.800. The van der Waals surface area contributed by atoms with E-state index >= 15 is 0 Å². The third-order valence-corrected chi connectivity index (χ3v) is 11.7. The summed E-state index contributed by atoms with van der Waals surface area (Å²) in [6.07, 6.45) is 18.1. The van der Waals surface area contributed by atoms with Gasteiger partial charge >= 0.3 is 0 Å². The van der Waals surface area contributed by atoms with E-state index in [4.69, 9.17) is 4.52 Å². The maximum Gasteiger partial charge on any atom is 0.0665 e. The van der Waals surface area contributed by atoms with Crippen molar-refractivity contribution >= 4 is 9.47 Å². The van der Waals surface area contributed by atoms with Crippen LogP contribution in [0.3, 0.4) is 0 Å². The minimum Gasteiger partial charge on any atom is -0.362 e. The molecule has 8 atom stereocenters. The van der Waals surface area contributed by atoms with Gasteiger partial charge in [0.25, 0.3) is 0 Å². The lowest BCUT2D eigenvalue weighted by atomic mass is 9.43. The Morgan fingerprint density at radius 2 is 1.69 bits per heavy atom. The second kappa shape index (κ2) is 8.37. The number of allylic oxidation sites excluding steroid dienone is 6. The van der Waals surface area contributed by atoms with Crippen LogP contribution in [0.2, 0.25) is 0 Å². The Labute approximate surface area is 201 Å². The molecule has 0 bridgehead atoms. The molecule has 0 aliphatic heterocycles. The van der Waals surface area contributed by atoms with E-state index < -0.39 is 0 Å². The van der Waals surface area contributed by atoms with Gasteiger partial charge in [-0.25, -0.2) is 0 Å². The molecule has 1 nitrogen and oxygen atoms in total. The van der Waals surface area contributed by atoms with Crippen LogP contribution in [0, 0.1) is 39.4 Å². The van der Waals surface area contributed by atoms with Crippen molar-refractivity contribution in [3.05, 3.63) is 34.9 Å². The summed E-state index contributed by atoms with van der Waals surface area (Å²) in [5.41, 5.74) is 6.60. The van der Waals surface area contributed by atoms with Crippen molar-refractivity contribution < 1.29 is 4.52 Å². The Hall–Kier alpha value is -0.390. The van der Waals surface area contributed by atoms with Gasteiger partial charge in [-0.15, -0.1) is 0 Å². The molecule has 0 heterocycles. The molecule has 4 rings (SSSR count). The molecule has 2 saturated carbocycles. The second-order valence-electron chi connectivity index (χ2n) is 13.3. The first-order valence-electron chi connectivity index (χ1n) is 13.3. The SMILES string of the molecule is CC(C)=C/C=C/[C@@H](C)[C@H]1CC[C@@]2(C)C3=C(CC[C@]12C)[C@@]1(C)CC[C@H](OP)C(C)(C)[C@@H]1CC3. The van der Waals surface area contributed by atoms with Crippen LogP contribution >= 0.6 is 9.47 Å². The zero-order valence-electron chi connectivity index (χ0n) is 22.2. The van der Waals surface area contributed by atoms with Gasteiger partial charge in [0.05, 0.1) is 6.10 Å². The summed E-state index contributed by atoms with van der Waals surface area (Å²) in [5, 5.41) is 0. The van der Waals surface area contributed by atoms with Crippen molar-refractivity contribution in [1.82, 2.24) is 0 Å². The topological polar surface area (TPSA) is 9.23 Å². The summed E-state index contributed by atoms with van der Waals surface area (Å²) < 4.78 is 5.92. The van der Waals surface area contributed by atoms with Crippen LogP contribution in [-0.4, -0.2) is 6.10 Å². The third-order valence-electron chi connectivity index (χ3n) is 11.4. The molecule has 0 aromatic heterocycles. The quantitative estimate of drug-likeness (QED) is 0.233. The maximum atomic E-state index is 5.92. The maximum absolute atomic E-state index is 5.92. The van der Waals surface area contributed by atoms with Crippen molar-refractivity contribution in [2.75, 3.05) is 0 Å². The molecule has 0 saturated heterocycles. The van der Waals surface area contributed by atoms with Crippen LogP contribution in [-0.2, 0) is 4.52 Å². The molecule has 0 aromatic carbocycles. The van der Waals surface area contributed by atoms with E-state index in [2.05, 4.69) is 83.1 Å². The number of fused-ring (bicyclic) bond motifs is 4. The standard InChI is InChI=1S/C30H49OP/c1-20(2)10-9-11-21(3)22-14-18-30(8)24-12-13-25-27(4,5)26(31-32)16-17-28(25,6)23(24)15-19-29(22,30)7/h9-11,21-22,25-26H,12-19,32H2,1-8H3/b11-9+/t21-,22-,25+,26+,28-,29-,30+/m1/s1. The van der Waals surface area contributed by atoms with Crippen LogP contribution < -0.4 is 0 Å². The van der Waals surface area contributed by atoms with Gasteiger partial charge in [-0.05, 0) is 105 Å². The molecule has 1 unspecified atom stereocenters. The Morgan fingerprint density at radius 3 is 2.34 bits per heavy atom. The predicted octanol–water partition coefficient (Wildman–Crippen LogP) is 9.07. The van der Waals surface area contributed by atoms with Crippen LogP contribution in [0.1, 0.15) is 107 Å². The minimum atomic E-state index is 0.247. The first-order chi connectivity index (χ1) is 14.9. The van der Waals surface area contributed by atoms with Crippen molar-refractivity contribution in [1.29, 1.82) is 0 Å². The lowest BCUT2D eigenvalue weighted by molar-refractivity contribution is -0.0796. The zero-order chi connectivity index (χ0) is 23.5. The van der Waals surface area contributed by atoms with Crippen molar-refractivity contribution in [3.8, 4) is 0 Å². The molecule has 0 radical (unpaired) electrons. The highest BCUT2D eigenvalue weighted by Crippen LogP contribution is 2.72. The molecular weight excluding hydrogens is 407 g/mol. The van der Waals surface area contributed by atoms with Crippen LogP contribution in [0.4, 0.5) is 0 Å². The monoisotopic (exact) mass is 456 g/mol. The van der Waals surface area contributed by atoms with Gasteiger partial charge in [-0.1, -0.05) is 76.5 Å². The Morgan fingerprint density at radius 1 is 0.969 bits per heavy atom. The highest BCUT2D eigenvalue weighted by Gasteiger charge is 2.63. The number of hydrogen-bond acceptors (Lipinski definition) is 1. The Kier molecular flexibility index (Phi) is 6.47. The smallest absolute Gasteiger partial charge is 0.0665 e. The van der Waals surface area contributed by atoms with Gasteiger partial charge in [0.15, 0.2) is 0 Å². The van der Waals surface area contributed by atoms with Crippen molar-refractivity contribution in [2.45, 2.75) is 113 Å². The molecule has 2 fully saturated rings. The summed E-state index contributed by atoms with van der Waals surface area (Å²) in [4.78, 5) is 0.